The summed E-state index contributed by atoms with van der Waals surface area (Å²) in [6, 6.07) is 8.95. The Kier molecular flexibility index (Phi) is 32.5. The molecular weight excluding hydrogens is 312 g/mol. The van der Waals surface area contributed by atoms with Gasteiger partial charge in [0.1, 0.15) is 0 Å². The van der Waals surface area contributed by atoms with Gasteiger partial charge in [-0.25, -0.2) is 0 Å². The molecule has 0 heterocycles. The Hall–Kier alpha value is -0.487. The molecule has 0 atom stereocenters. The Morgan fingerprint density at radius 2 is 0.947 bits per heavy atom. The predicted octanol–water partition coefficient (Wildman–Crippen LogP) is 1.96. The van der Waals surface area contributed by atoms with E-state index in [9.17, 15) is 0 Å². The Balaban J connectivity index is -0.0000000855. The molecule has 0 saturated heterocycles. The summed E-state index contributed by atoms with van der Waals surface area (Å²) in [7, 11) is -0.522. The normalized spacial score (nSPS) is 7.47. The first-order valence-electron chi connectivity index (χ1n) is 4.80. The number of benzene rings is 1. The smallest absolute Gasteiger partial charge is 0.545 e. The van der Waals surface area contributed by atoms with E-state index < -0.39 is 0 Å². The van der Waals surface area contributed by atoms with E-state index in [-0.39, 0.29) is 49.5 Å². The van der Waals surface area contributed by atoms with Crippen molar-refractivity contribution in [2.75, 3.05) is 0 Å². The van der Waals surface area contributed by atoms with Crippen molar-refractivity contribution in [3.05, 3.63) is 39.1 Å². The molecule has 0 spiro atoms. The third-order valence-electron chi connectivity index (χ3n) is 2.00. The van der Waals surface area contributed by atoms with Crippen molar-refractivity contribution in [1.29, 1.82) is 0 Å². The molecule has 5 heteroatoms. The van der Waals surface area contributed by atoms with Gasteiger partial charge in [-0.3, -0.25) is 13.6 Å². The van der Waals surface area contributed by atoms with Crippen molar-refractivity contribution in [2.24, 2.45) is 0 Å². The molecule has 0 amide bonds. The number of hydrogen-bond acceptors (Lipinski definition) is 2. The van der Waals surface area contributed by atoms with Crippen molar-refractivity contribution in [1.82, 2.24) is 0 Å². The van der Waals surface area contributed by atoms with Crippen molar-refractivity contribution in [3.63, 3.8) is 0 Å². The number of carbonyl (C=O) groups excluding carboxylic acids is 2. The first-order valence-corrected chi connectivity index (χ1v) is 9.80. The second-order valence-electron chi connectivity index (χ2n) is 3.55. The van der Waals surface area contributed by atoms with E-state index in [1.54, 1.807) is 10.4 Å². The molecule has 0 bridgehead atoms. The summed E-state index contributed by atoms with van der Waals surface area (Å²) >= 11 is 0. The van der Waals surface area contributed by atoms with Gasteiger partial charge < -0.3 is 24.4 Å². The van der Waals surface area contributed by atoms with Gasteiger partial charge in [-0.15, -0.1) is 0 Å². The van der Waals surface area contributed by atoms with E-state index in [0.29, 0.717) is 0 Å². The minimum Gasteiger partial charge on any atom is -0.545 e. The van der Waals surface area contributed by atoms with Crippen LogP contribution in [0.2, 0.25) is 26.2 Å². The first kappa shape index (κ1) is 31.1. The summed E-state index contributed by atoms with van der Waals surface area (Å²) in [6.07, 6.45) is 0. The van der Waals surface area contributed by atoms with Crippen LogP contribution in [0.25, 0.3) is 0 Å². The van der Waals surface area contributed by atoms with E-state index in [2.05, 4.69) is 64.0 Å². The topological polar surface area (TPSA) is 34.1 Å². The molecule has 0 aliphatic carbocycles. The van der Waals surface area contributed by atoms with Crippen molar-refractivity contribution in [2.45, 2.75) is 26.2 Å². The van der Waals surface area contributed by atoms with Crippen LogP contribution in [-0.4, -0.2) is 31.2 Å². The van der Waals surface area contributed by atoms with Crippen LogP contribution < -0.4 is 10.4 Å². The number of hydrogen-bond donors (Lipinski definition) is 0. The number of rotatable bonds is 2. The van der Waals surface area contributed by atoms with Crippen LogP contribution in [0, 0.1) is 14.9 Å². The van der Waals surface area contributed by atoms with Crippen LogP contribution >= 0.6 is 0 Å². The first-order chi connectivity index (χ1) is 7.63. The SMILES string of the molecule is C[Si](C)c1ccccc1[Si](C)C.[CH-]=O.[CH-]=O.[CH3-].[CH3-].[Fe+4]. The second-order valence-corrected chi connectivity index (χ2v) is 8.62. The van der Waals surface area contributed by atoms with E-state index >= 15 is 0 Å². The van der Waals surface area contributed by atoms with E-state index in [4.69, 9.17) is 9.59 Å². The molecule has 108 valence electrons. The minimum atomic E-state index is -0.261. The van der Waals surface area contributed by atoms with Gasteiger partial charge in [0.05, 0.1) is 17.6 Å². The summed E-state index contributed by atoms with van der Waals surface area (Å²) in [4.78, 5) is 15.5. The van der Waals surface area contributed by atoms with E-state index in [0.717, 1.165) is 0 Å². The van der Waals surface area contributed by atoms with Crippen LogP contribution in [0.3, 0.4) is 0 Å². The Bertz CT molecular complexity index is 266. The third-order valence-corrected chi connectivity index (χ3v) is 5.28. The third kappa shape index (κ3) is 12.3. The average Bonchev–Trinajstić information content (AvgIpc) is 2.34. The van der Waals surface area contributed by atoms with Crippen molar-refractivity contribution in [3.8, 4) is 0 Å². The Labute approximate surface area is 133 Å². The van der Waals surface area contributed by atoms with Crippen LogP contribution in [0.15, 0.2) is 24.3 Å². The average molecular weight is 336 g/mol. The molecule has 0 fully saturated rings. The molecule has 0 aliphatic rings. The van der Waals surface area contributed by atoms with E-state index in [1.807, 2.05) is 0 Å². The molecule has 1 aromatic carbocycles. The van der Waals surface area contributed by atoms with Gasteiger partial charge in [0.25, 0.3) is 0 Å². The molecular formula is C14H24FeO2Si2. The largest absolute Gasteiger partial charge is 4.00 e. The molecule has 0 aliphatic heterocycles. The monoisotopic (exact) mass is 336 g/mol. The summed E-state index contributed by atoms with van der Waals surface area (Å²) in [5.41, 5.74) is 0. The van der Waals surface area contributed by atoms with Gasteiger partial charge in [-0.1, -0.05) is 60.8 Å². The Morgan fingerprint density at radius 1 is 0.737 bits per heavy atom. The molecule has 2 nitrogen and oxygen atoms in total. The molecule has 1 rings (SSSR count). The zero-order chi connectivity index (χ0) is 13.1. The zero-order valence-corrected chi connectivity index (χ0v) is 15.7. The van der Waals surface area contributed by atoms with Crippen molar-refractivity contribution < 1.29 is 26.7 Å². The molecule has 1 aromatic rings. The maximum Gasteiger partial charge on any atom is 4.00 e. The van der Waals surface area contributed by atoms with Gasteiger partial charge in [-0.2, -0.15) is 0 Å². The van der Waals surface area contributed by atoms with Crippen LogP contribution in [-0.2, 0) is 26.7 Å². The van der Waals surface area contributed by atoms with Crippen molar-refractivity contribution >= 4 is 41.5 Å². The summed E-state index contributed by atoms with van der Waals surface area (Å²) in [6.45, 7) is 16.0. The van der Waals surface area contributed by atoms with Gasteiger partial charge >= 0.3 is 17.1 Å². The summed E-state index contributed by atoms with van der Waals surface area (Å²) in [5.74, 6) is 0. The minimum absolute atomic E-state index is 0. The summed E-state index contributed by atoms with van der Waals surface area (Å²) in [5, 5.41) is 3.28. The maximum atomic E-state index is 7.75. The van der Waals surface area contributed by atoms with Crippen LogP contribution in [0.1, 0.15) is 0 Å². The molecule has 0 saturated carbocycles. The van der Waals surface area contributed by atoms with Gasteiger partial charge in [0.2, 0.25) is 0 Å². The quantitative estimate of drug-likeness (QED) is 0.470. The van der Waals surface area contributed by atoms with Gasteiger partial charge in [0.15, 0.2) is 0 Å². The van der Waals surface area contributed by atoms with E-state index in [1.165, 1.54) is 0 Å². The standard InChI is InChI=1S/C10H16Si2.2CHO.2CH3.Fe/c1-11(2)9-7-5-6-8-10(9)12(3)4;2*1-2;;;/h5-8H,1-4H3;2*1H;2*1H3;/q;4*-1;+4. The fourth-order valence-corrected chi connectivity index (χ4v) is 4.96. The fourth-order valence-electron chi connectivity index (χ4n) is 1.36. The second kappa shape index (κ2) is 19.8. The molecule has 19 heavy (non-hydrogen) atoms. The molecule has 0 N–H and O–H groups in total. The van der Waals surface area contributed by atoms with Crippen LogP contribution in [0.4, 0.5) is 0 Å². The van der Waals surface area contributed by atoms with Crippen LogP contribution in [0.5, 0.6) is 0 Å². The molecule has 0 aromatic heterocycles. The van der Waals surface area contributed by atoms with Gasteiger partial charge in [0, 0.05) is 0 Å². The zero-order valence-electron chi connectivity index (χ0n) is 12.6. The molecule has 0 unspecified atom stereocenters. The predicted molar refractivity (Wildman–Crippen MR) is 87.0 cm³/mol. The summed E-state index contributed by atoms with van der Waals surface area (Å²) < 4.78 is 0. The van der Waals surface area contributed by atoms with Gasteiger partial charge in [-0.05, 0) is 0 Å². The maximum absolute atomic E-state index is 7.75. The Morgan fingerprint density at radius 3 is 1.11 bits per heavy atom. The fraction of sp³-hybridized carbons (Fsp3) is 0.286. The molecule has 2 radical (unpaired) electrons.